The summed E-state index contributed by atoms with van der Waals surface area (Å²) in [7, 11) is 4.03. The number of hydrogen-bond donors (Lipinski definition) is 1. The van der Waals surface area contributed by atoms with Gasteiger partial charge in [-0.05, 0) is 38.2 Å². The predicted octanol–water partition coefficient (Wildman–Crippen LogP) is 2.25. The Morgan fingerprint density at radius 2 is 2.13 bits per heavy atom. The first-order valence-corrected chi connectivity index (χ1v) is 5.46. The summed E-state index contributed by atoms with van der Waals surface area (Å²) in [5.41, 5.74) is 1.45. The maximum atomic E-state index is 10.7. The second-order valence-electron chi connectivity index (χ2n) is 3.66. The van der Waals surface area contributed by atoms with Crippen LogP contribution in [0.1, 0.15) is 15.9 Å². The molecule has 1 rings (SSSR count). The Kier molecular flexibility index (Phi) is 4.29. The van der Waals surface area contributed by atoms with Crippen LogP contribution in [0, 0.1) is 0 Å². The molecule has 0 unspecified atom stereocenters. The van der Waals surface area contributed by atoms with Crippen LogP contribution in [0.15, 0.2) is 22.7 Å². The maximum Gasteiger partial charge on any atom is 0.335 e. The zero-order valence-corrected chi connectivity index (χ0v) is 10.4. The molecule has 82 valence electrons. The zero-order valence-electron chi connectivity index (χ0n) is 8.83. The van der Waals surface area contributed by atoms with E-state index in [1.54, 1.807) is 12.1 Å². The number of carboxylic acid groups (broad SMARTS) is 1. The van der Waals surface area contributed by atoms with E-state index < -0.39 is 5.97 Å². The second kappa shape index (κ2) is 5.28. The number of hydrogen-bond acceptors (Lipinski definition) is 2. The second-order valence-corrected chi connectivity index (χ2v) is 4.52. The predicted molar refractivity (Wildman–Crippen MR) is 63.4 cm³/mol. The summed E-state index contributed by atoms with van der Waals surface area (Å²) in [4.78, 5) is 12.8. The molecular formula is C11H14BrNO2. The number of likely N-dealkylation sites (N-methyl/N-ethyl adjacent to an activating group) is 1. The van der Waals surface area contributed by atoms with Gasteiger partial charge in [-0.3, -0.25) is 0 Å². The van der Waals surface area contributed by atoms with Crippen molar-refractivity contribution >= 4 is 21.9 Å². The fourth-order valence-electron chi connectivity index (χ4n) is 1.23. The lowest BCUT2D eigenvalue weighted by molar-refractivity contribution is 0.0697. The van der Waals surface area contributed by atoms with E-state index >= 15 is 0 Å². The zero-order chi connectivity index (χ0) is 11.4. The number of nitrogens with zero attached hydrogens (tertiary/aromatic N) is 1. The number of halogens is 1. The third-order valence-electron chi connectivity index (χ3n) is 2.13. The third kappa shape index (κ3) is 3.64. The molecule has 0 fully saturated rings. The first-order chi connectivity index (χ1) is 7.00. The summed E-state index contributed by atoms with van der Waals surface area (Å²) < 4.78 is 0.865. The van der Waals surface area contributed by atoms with E-state index in [4.69, 9.17) is 5.11 Å². The molecule has 0 saturated carbocycles. The van der Waals surface area contributed by atoms with E-state index in [2.05, 4.69) is 20.8 Å². The fraction of sp³-hybridized carbons (Fsp3) is 0.364. The molecule has 0 amide bonds. The Bertz CT molecular complexity index is 364. The van der Waals surface area contributed by atoms with E-state index in [-0.39, 0.29) is 0 Å². The first-order valence-electron chi connectivity index (χ1n) is 4.67. The molecule has 0 saturated heterocycles. The Balaban J connectivity index is 2.79. The summed E-state index contributed by atoms with van der Waals surface area (Å²) in [6, 6.07) is 5.14. The van der Waals surface area contributed by atoms with E-state index in [1.807, 2.05) is 20.2 Å². The Labute approximate surface area is 97.8 Å². The highest BCUT2D eigenvalue weighted by Crippen LogP contribution is 2.19. The summed E-state index contributed by atoms with van der Waals surface area (Å²) in [6.07, 6.45) is 0.910. The van der Waals surface area contributed by atoms with Gasteiger partial charge >= 0.3 is 5.97 Å². The number of carboxylic acids is 1. The van der Waals surface area contributed by atoms with E-state index in [9.17, 15) is 4.79 Å². The molecule has 1 aromatic carbocycles. The normalized spacial score (nSPS) is 10.7. The van der Waals surface area contributed by atoms with Gasteiger partial charge in [0, 0.05) is 11.0 Å². The molecule has 0 radical (unpaired) electrons. The lowest BCUT2D eigenvalue weighted by Crippen LogP contribution is -2.15. The summed E-state index contributed by atoms with van der Waals surface area (Å²) in [5, 5.41) is 8.79. The molecule has 0 bridgehead atoms. The van der Waals surface area contributed by atoms with Crippen LogP contribution in [0.25, 0.3) is 0 Å². The van der Waals surface area contributed by atoms with Crippen LogP contribution in [-0.2, 0) is 6.42 Å². The van der Waals surface area contributed by atoms with Crippen LogP contribution in [0.3, 0.4) is 0 Å². The molecule has 0 atom stereocenters. The van der Waals surface area contributed by atoms with Crippen LogP contribution >= 0.6 is 15.9 Å². The van der Waals surface area contributed by atoms with Crippen molar-refractivity contribution in [2.75, 3.05) is 20.6 Å². The van der Waals surface area contributed by atoms with Crippen molar-refractivity contribution in [1.29, 1.82) is 0 Å². The van der Waals surface area contributed by atoms with E-state index in [0.717, 1.165) is 23.0 Å². The number of rotatable bonds is 4. The lowest BCUT2D eigenvalue weighted by atomic mass is 10.1. The monoisotopic (exact) mass is 271 g/mol. The van der Waals surface area contributed by atoms with Gasteiger partial charge in [0.15, 0.2) is 0 Å². The van der Waals surface area contributed by atoms with Gasteiger partial charge in [-0.1, -0.05) is 22.0 Å². The average Bonchev–Trinajstić information content (AvgIpc) is 2.15. The molecule has 4 heteroatoms. The van der Waals surface area contributed by atoms with Gasteiger partial charge in [-0.2, -0.15) is 0 Å². The largest absolute Gasteiger partial charge is 0.478 e. The number of carbonyl (C=O) groups is 1. The van der Waals surface area contributed by atoms with Crippen molar-refractivity contribution in [2.24, 2.45) is 0 Å². The summed E-state index contributed by atoms with van der Waals surface area (Å²) in [6.45, 7) is 0.949. The highest BCUT2D eigenvalue weighted by molar-refractivity contribution is 9.10. The molecule has 0 aromatic heterocycles. The molecule has 0 heterocycles. The quantitative estimate of drug-likeness (QED) is 0.913. The molecule has 0 aliphatic carbocycles. The SMILES string of the molecule is CN(C)CCc1ccc(C(=O)O)cc1Br. The topological polar surface area (TPSA) is 40.5 Å². The molecule has 0 spiro atoms. The van der Waals surface area contributed by atoms with Gasteiger partial charge in [0.2, 0.25) is 0 Å². The molecule has 1 N–H and O–H groups in total. The van der Waals surface area contributed by atoms with Gasteiger partial charge < -0.3 is 10.0 Å². The lowest BCUT2D eigenvalue weighted by Gasteiger charge is -2.10. The summed E-state index contributed by atoms with van der Waals surface area (Å²) in [5.74, 6) is -0.894. The summed E-state index contributed by atoms with van der Waals surface area (Å²) >= 11 is 3.38. The number of benzene rings is 1. The Morgan fingerprint density at radius 3 is 2.60 bits per heavy atom. The molecule has 0 aliphatic heterocycles. The van der Waals surface area contributed by atoms with Crippen LogP contribution < -0.4 is 0 Å². The van der Waals surface area contributed by atoms with Gasteiger partial charge in [0.25, 0.3) is 0 Å². The van der Waals surface area contributed by atoms with E-state index in [0.29, 0.717) is 5.56 Å². The van der Waals surface area contributed by atoms with Crippen LogP contribution in [0.2, 0.25) is 0 Å². The molecule has 0 aliphatic rings. The van der Waals surface area contributed by atoms with Crippen molar-refractivity contribution < 1.29 is 9.90 Å². The Morgan fingerprint density at radius 1 is 1.47 bits per heavy atom. The third-order valence-corrected chi connectivity index (χ3v) is 2.87. The van der Waals surface area contributed by atoms with Gasteiger partial charge in [-0.25, -0.2) is 4.79 Å². The molecule has 15 heavy (non-hydrogen) atoms. The van der Waals surface area contributed by atoms with Crippen LogP contribution in [0.5, 0.6) is 0 Å². The van der Waals surface area contributed by atoms with Crippen molar-refractivity contribution in [1.82, 2.24) is 4.90 Å². The molecule has 3 nitrogen and oxygen atoms in total. The standard InChI is InChI=1S/C11H14BrNO2/c1-13(2)6-5-8-3-4-9(11(14)15)7-10(8)12/h3-4,7H,5-6H2,1-2H3,(H,14,15). The average molecular weight is 272 g/mol. The van der Waals surface area contributed by atoms with Crippen molar-refractivity contribution in [3.05, 3.63) is 33.8 Å². The van der Waals surface area contributed by atoms with Crippen molar-refractivity contribution in [3.63, 3.8) is 0 Å². The van der Waals surface area contributed by atoms with Crippen molar-refractivity contribution in [2.45, 2.75) is 6.42 Å². The minimum atomic E-state index is -0.894. The van der Waals surface area contributed by atoms with Gasteiger partial charge in [-0.15, -0.1) is 0 Å². The Hall–Kier alpha value is -0.870. The highest BCUT2D eigenvalue weighted by Gasteiger charge is 2.06. The first kappa shape index (κ1) is 12.2. The van der Waals surface area contributed by atoms with E-state index in [1.165, 1.54) is 0 Å². The maximum absolute atomic E-state index is 10.7. The molecular weight excluding hydrogens is 258 g/mol. The highest BCUT2D eigenvalue weighted by atomic mass is 79.9. The fourth-order valence-corrected chi connectivity index (χ4v) is 1.80. The van der Waals surface area contributed by atoms with Crippen molar-refractivity contribution in [3.8, 4) is 0 Å². The number of aromatic carboxylic acids is 1. The van der Waals surface area contributed by atoms with Gasteiger partial charge in [0.05, 0.1) is 5.56 Å². The smallest absolute Gasteiger partial charge is 0.335 e. The minimum Gasteiger partial charge on any atom is -0.478 e. The van der Waals surface area contributed by atoms with Crippen LogP contribution in [-0.4, -0.2) is 36.6 Å². The van der Waals surface area contributed by atoms with Crippen LogP contribution in [0.4, 0.5) is 0 Å². The van der Waals surface area contributed by atoms with Gasteiger partial charge in [0.1, 0.15) is 0 Å². The minimum absolute atomic E-state index is 0.315. The molecule has 1 aromatic rings.